The van der Waals surface area contributed by atoms with E-state index in [0.29, 0.717) is 16.9 Å². The van der Waals surface area contributed by atoms with Crippen LogP contribution in [0.4, 0.5) is 0 Å². The first-order valence-corrected chi connectivity index (χ1v) is 8.36. The van der Waals surface area contributed by atoms with Gasteiger partial charge >= 0.3 is 0 Å². The van der Waals surface area contributed by atoms with E-state index in [1.807, 2.05) is 13.8 Å². The Kier molecular flexibility index (Phi) is 5.78. The van der Waals surface area contributed by atoms with Crippen LogP contribution in [0, 0.1) is 5.92 Å². The van der Waals surface area contributed by atoms with Crippen LogP contribution in [0.2, 0.25) is 0 Å². The zero-order chi connectivity index (χ0) is 14.9. The molecule has 0 bridgehead atoms. The molecule has 0 saturated heterocycles. The van der Waals surface area contributed by atoms with Crippen molar-refractivity contribution < 1.29 is 13.2 Å². The maximum Gasteiger partial charge on any atom is 0.237 e. The zero-order valence-electron chi connectivity index (χ0n) is 12.1. The fraction of sp³-hybridized carbons (Fsp3) is 0.500. The van der Waals surface area contributed by atoms with E-state index in [1.165, 1.54) is 0 Å². The Morgan fingerprint density at radius 2 is 1.95 bits per heavy atom. The highest BCUT2D eigenvalue weighted by Crippen LogP contribution is 2.31. The van der Waals surface area contributed by atoms with E-state index in [9.17, 15) is 13.2 Å². The molecule has 5 nitrogen and oxygen atoms in total. The summed E-state index contributed by atoms with van der Waals surface area (Å²) in [6.07, 6.45) is 0.385. The molecule has 1 heterocycles. The number of hydrogen-bond acceptors (Lipinski definition) is 4. The third-order valence-electron chi connectivity index (χ3n) is 3.64. The minimum absolute atomic E-state index is 0. The fourth-order valence-electron chi connectivity index (χ4n) is 2.31. The summed E-state index contributed by atoms with van der Waals surface area (Å²) in [4.78, 5) is 12.4. The van der Waals surface area contributed by atoms with Gasteiger partial charge in [-0.15, -0.1) is 12.4 Å². The van der Waals surface area contributed by atoms with E-state index >= 15 is 0 Å². The lowest BCUT2D eigenvalue weighted by atomic mass is 10.0. The van der Waals surface area contributed by atoms with Gasteiger partial charge in [-0.25, -0.2) is 8.42 Å². The zero-order valence-corrected chi connectivity index (χ0v) is 13.7. The fourth-order valence-corrected chi connectivity index (χ4v) is 3.93. The van der Waals surface area contributed by atoms with Crippen molar-refractivity contribution in [2.45, 2.75) is 37.2 Å². The van der Waals surface area contributed by atoms with Crippen molar-refractivity contribution in [2.24, 2.45) is 11.7 Å². The van der Waals surface area contributed by atoms with Gasteiger partial charge in [-0.05, 0) is 24.0 Å². The molecular formula is C14H21ClN2O3S. The molecule has 0 aliphatic carbocycles. The molecule has 0 aromatic heterocycles. The average Bonchev–Trinajstić information content (AvgIpc) is 2.41. The van der Waals surface area contributed by atoms with Gasteiger partial charge in [0.15, 0.2) is 9.84 Å². The van der Waals surface area contributed by atoms with Gasteiger partial charge in [0.2, 0.25) is 5.91 Å². The second-order valence-electron chi connectivity index (χ2n) is 5.48. The lowest BCUT2D eigenvalue weighted by molar-refractivity contribution is -0.124. The third kappa shape index (κ3) is 3.75. The average molecular weight is 333 g/mol. The second kappa shape index (κ2) is 6.77. The molecule has 1 aromatic rings. The van der Waals surface area contributed by atoms with Crippen LogP contribution in [0.1, 0.15) is 31.9 Å². The van der Waals surface area contributed by atoms with Crippen molar-refractivity contribution in [3.8, 4) is 0 Å². The maximum absolute atomic E-state index is 12.0. The van der Waals surface area contributed by atoms with Gasteiger partial charge < -0.3 is 11.1 Å². The van der Waals surface area contributed by atoms with Gasteiger partial charge in [0.1, 0.15) is 0 Å². The summed E-state index contributed by atoms with van der Waals surface area (Å²) in [5, 5.41) is 2.87. The Morgan fingerprint density at radius 1 is 1.33 bits per heavy atom. The molecule has 1 amide bonds. The number of fused-ring (bicyclic) bond motifs is 1. The molecule has 0 radical (unpaired) electrons. The van der Waals surface area contributed by atoms with Gasteiger partial charge in [-0.3, -0.25) is 4.79 Å². The van der Waals surface area contributed by atoms with E-state index < -0.39 is 15.9 Å². The van der Waals surface area contributed by atoms with Crippen LogP contribution >= 0.6 is 12.4 Å². The van der Waals surface area contributed by atoms with Crippen LogP contribution in [-0.2, 0) is 14.6 Å². The number of carbonyl (C=O) groups is 1. The Hall–Kier alpha value is -1.11. The molecule has 3 N–H and O–H groups in total. The number of rotatable bonds is 3. The highest BCUT2D eigenvalue weighted by atomic mass is 35.5. The minimum Gasteiger partial charge on any atom is -0.348 e. The Bertz CT molecular complexity index is 616. The number of nitrogens with two attached hydrogens (primary N) is 1. The lowest BCUT2D eigenvalue weighted by Gasteiger charge is -2.28. The van der Waals surface area contributed by atoms with Crippen LogP contribution in [0.25, 0.3) is 0 Å². The number of nitrogens with one attached hydrogen (secondary N) is 1. The van der Waals surface area contributed by atoms with Crippen molar-refractivity contribution in [3.05, 3.63) is 29.8 Å². The molecule has 1 aliphatic heterocycles. The first-order chi connectivity index (χ1) is 9.33. The third-order valence-corrected chi connectivity index (χ3v) is 5.46. The molecule has 0 fully saturated rings. The smallest absolute Gasteiger partial charge is 0.237 e. The summed E-state index contributed by atoms with van der Waals surface area (Å²) in [6, 6.07) is 5.94. The number of carbonyl (C=O) groups excluding carboxylic acids is 1. The summed E-state index contributed by atoms with van der Waals surface area (Å²) in [5.74, 6) is -0.150. The first kappa shape index (κ1) is 17.9. The van der Waals surface area contributed by atoms with Crippen molar-refractivity contribution in [1.29, 1.82) is 0 Å². The normalized spacial score (nSPS) is 21.0. The van der Waals surface area contributed by atoms with Gasteiger partial charge in [0.25, 0.3) is 0 Å². The summed E-state index contributed by atoms with van der Waals surface area (Å²) < 4.78 is 24.0. The molecule has 0 saturated carbocycles. The minimum atomic E-state index is -3.23. The van der Waals surface area contributed by atoms with Crippen LogP contribution in [0.5, 0.6) is 0 Å². The largest absolute Gasteiger partial charge is 0.348 e. The Labute approximate surface area is 131 Å². The van der Waals surface area contributed by atoms with E-state index in [4.69, 9.17) is 5.73 Å². The van der Waals surface area contributed by atoms with Gasteiger partial charge in [-0.1, -0.05) is 32.0 Å². The molecular weight excluding hydrogens is 312 g/mol. The van der Waals surface area contributed by atoms with Gasteiger partial charge in [-0.2, -0.15) is 0 Å². The van der Waals surface area contributed by atoms with Crippen molar-refractivity contribution in [1.82, 2.24) is 5.32 Å². The second-order valence-corrected chi connectivity index (χ2v) is 7.55. The number of benzene rings is 1. The molecule has 1 aromatic carbocycles. The van der Waals surface area contributed by atoms with Crippen molar-refractivity contribution in [3.63, 3.8) is 0 Å². The molecule has 2 atom stereocenters. The summed E-state index contributed by atoms with van der Waals surface area (Å²) >= 11 is 0. The van der Waals surface area contributed by atoms with Gasteiger partial charge in [0.05, 0.1) is 22.7 Å². The van der Waals surface area contributed by atoms with E-state index in [-0.39, 0.29) is 36.0 Å². The Balaban J connectivity index is 0.00000220. The number of sulfone groups is 1. The predicted octanol–water partition coefficient (Wildman–Crippen LogP) is 1.43. The standard InChI is InChI=1S/C14H20N2O3S.ClH/c1-9(2)13(15)14(17)16-11-7-8-20(18,19)12-6-4-3-5-10(11)12;/h3-6,9,11,13H,7-8,15H2,1-2H3,(H,16,17);1H/t11?,13-;/m0./s1. The first-order valence-electron chi connectivity index (χ1n) is 6.70. The van der Waals surface area contributed by atoms with Crippen LogP contribution in [0.15, 0.2) is 29.2 Å². The number of hydrogen-bond donors (Lipinski definition) is 2. The highest BCUT2D eigenvalue weighted by Gasteiger charge is 2.31. The molecule has 0 spiro atoms. The summed E-state index contributed by atoms with van der Waals surface area (Å²) in [7, 11) is -3.23. The predicted molar refractivity (Wildman–Crippen MR) is 84.1 cm³/mol. The summed E-state index contributed by atoms with van der Waals surface area (Å²) in [5.41, 5.74) is 6.48. The molecule has 2 rings (SSSR count). The molecule has 118 valence electrons. The van der Waals surface area contributed by atoms with Crippen LogP contribution < -0.4 is 11.1 Å². The van der Waals surface area contributed by atoms with Gasteiger partial charge in [0, 0.05) is 0 Å². The number of amides is 1. The SMILES string of the molecule is CC(C)[C@H](N)C(=O)NC1CCS(=O)(=O)c2ccccc21.Cl. The van der Waals surface area contributed by atoms with E-state index in [1.54, 1.807) is 24.3 Å². The van der Waals surface area contributed by atoms with Crippen LogP contribution in [0.3, 0.4) is 0 Å². The van der Waals surface area contributed by atoms with E-state index in [2.05, 4.69) is 5.32 Å². The monoisotopic (exact) mass is 332 g/mol. The highest BCUT2D eigenvalue weighted by molar-refractivity contribution is 7.91. The quantitative estimate of drug-likeness (QED) is 0.876. The number of halogens is 1. The maximum atomic E-state index is 12.0. The molecule has 7 heteroatoms. The molecule has 1 aliphatic rings. The van der Waals surface area contributed by atoms with E-state index in [0.717, 1.165) is 0 Å². The van der Waals surface area contributed by atoms with Crippen molar-refractivity contribution in [2.75, 3.05) is 5.75 Å². The Morgan fingerprint density at radius 3 is 2.57 bits per heavy atom. The summed E-state index contributed by atoms with van der Waals surface area (Å²) in [6.45, 7) is 3.76. The topological polar surface area (TPSA) is 89.3 Å². The van der Waals surface area contributed by atoms with Crippen LogP contribution in [-0.4, -0.2) is 26.1 Å². The molecule has 1 unspecified atom stereocenters. The molecule has 21 heavy (non-hydrogen) atoms. The van der Waals surface area contributed by atoms with Crippen molar-refractivity contribution >= 4 is 28.2 Å². The lowest BCUT2D eigenvalue weighted by Crippen LogP contribution is -2.46.